The van der Waals surface area contributed by atoms with Crippen molar-refractivity contribution in [3.05, 3.63) is 18.0 Å². The fourth-order valence-electron chi connectivity index (χ4n) is 2.78. The molecule has 4 heteroatoms. The van der Waals surface area contributed by atoms with Gasteiger partial charge in [0.2, 0.25) is 0 Å². The maximum atomic E-state index is 12.4. The lowest BCUT2D eigenvalue weighted by Crippen LogP contribution is -2.39. The summed E-state index contributed by atoms with van der Waals surface area (Å²) < 4.78 is 1.81. The van der Waals surface area contributed by atoms with Crippen LogP contribution in [0.2, 0.25) is 0 Å². The van der Waals surface area contributed by atoms with Crippen molar-refractivity contribution in [3.63, 3.8) is 0 Å². The van der Waals surface area contributed by atoms with Gasteiger partial charge in [0, 0.05) is 26.3 Å². The molecule has 1 aromatic rings. The Morgan fingerprint density at radius 2 is 2.00 bits per heavy atom. The van der Waals surface area contributed by atoms with Crippen LogP contribution in [0.5, 0.6) is 0 Å². The van der Waals surface area contributed by atoms with Gasteiger partial charge in [0.05, 0.1) is 5.69 Å². The van der Waals surface area contributed by atoms with Crippen molar-refractivity contribution in [3.8, 4) is 0 Å². The molecule has 0 aliphatic heterocycles. The summed E-state index contributed by atoms with van der Waals surface area (Å²) in [6.45, 7) is 2.29. The topological polar surface area (TPSA) is 51.3 Å². The van der Waals surface area contributed by atoms with E-state index < -0.39 is 0 Å². The Morgan fingerprint density at radius 3 is 2.50 bits per heavy atom. The molecule has 1 amide bonds. The number of nitrogen functional groups attached to an aromatic ring is 1. The molecule has 0 unspecified atom stereocenters. The first-order valence-corrected chi connectivity index (χ1v) is 6.68. The fourth-order valence-corrected chi connectivity index (χ4v) is 2.78. The highest BCUT2D eigenvalue weighted by Crippen LogP contribution is 2.27. The number of carbonyl (C=O) groups is 1. The first-order chi connectivity index (χ1) is 8.49. The highest BCUT2D eigenvalue weighted by molar-refractivity contribution is 5.93. The second kappa shape index (κ2) is 5.04. The van der Waals surface area contributed by atoms with Crippen LogP contribution in [0.1, 0.15) is 43.1 Å². The van der Waals surface area contributed by atoms with Gasteiger partial charge in [-0.15, -0.1) is 0 Å². The Morgan fingerprint density at radius 1 is 1.39 bits per heavy atom. The molecule has 0 saturated heterocycles. The summed E-state index contributed by atoms with van der Waals surface area (Å²) in [6, 6.07) is 2.13. The number of hydrogen-bond acceptors (Lipinski definition) is 2. The van der Waals surface area contributed by atoms with Gasteiger partial charge in [-0.25, -0.2) is 0 Å². The third-order valence-electron chi connectivity index (χ3n) is 4.10. The lowest BCUT2D eigenvalue weighted by atomic mass is 9.86. The minimum absolute atomic E-state index is 0.0775. The Hall–Kier alpha value is -1.45. The summed E-state index contributed by atoms with van der Waals surface area (Å²) in [5.74, 6) is 0.879. The van der Waals surface area contributed by atoms with Crippen LogP contribution in [-0.2, 0) is 7.05 Å². The van der Waals surface area contributed by atoms with Gasteiger partial charge in [-0.05, 0) is 37.7 Å². The zero-order valence-corrected chi connectivity index (χ0v) is 11.5. The van der Waals surface area contributed by atoms with E-state index in [-0.39, 0.29) is 5.91 Å². The highest BCUT2D eigenvalue weighted by Gasteiger charge is 2.26. The number of aromatic nitrogens is 1. The van der Waals surface area contributed by atoms with Crippen LogP contribution in [-0.4, -0.2) is 28.5 Å². The Kier molecular flexibility index (Phi) is 3.64. The van der Waals surface area contributed by atoms with Gasteiger partial charge in [-0.1, -0.05) is 6.92 Å². The summed E-state index contributed by atoms with van der Waals surface area (Å²) in [5, 5.41) is 0. The lowest BCUT2D eigenvalue weighted by molar-refractivity contribution is 0.0670. The summed E-state index contributed by atoms with van der Waals surface area (Å²) >= 11 is 0. The molecular weight excluding hydrogens is 226 g/mol. The minimum atomic E-state index is 0.0775. The van der Waals surface area contributed by atoms with Crippen LogP contribution in [0.15, 0.2) is 12.3 Å². The second-order valence-electron chi connectivity index (χ2n) is 5.60. The predicted octanol–water partition coefficient (Wildman–Crippen LogP) is 2.26. The van der Waals surface area contributed by atoms with Gasteiger partial charge in [-0.3, -0.25) is 4.79 Å². The van der Waals surface area contributed by atoms with E-state index in [1.165, 1.54) is 12.8 Å². The Labute approximate surface area is 109 Å². The summed E-state index contributed by atoms with van der Waals surface area (Å²) in [6.07, 6.45) is 6.45. The van der Waals surface area contributed by atoms with Crippen molar-refractivity contribution in [2.45, 2.75) is 38.6 Å². The second-order valence-corrected chi connectivity index (χ2v) is 5.60. The number of carbonyl (C=O) groups excluding carboxylic acids is 1. The molecule has 1 saturated carbocycles. The van der Waals surface area contributed by atoms with Crippen molar-refractivity contribution in [2.24, 2.45) is 13.0 Å². The maximum Gasteiger partial charge on any atom is 0.270 e. The van der Waals surface area contributed by atoms with E-state index >= 15 is 0 Å². The van der Waals surface area contributed by atoms with E-state index in [0.717, 1.165) is 18.8 Å². The van der Waals surface area contributed by atoms with E-state index in [1.807, 2.05) is 19.0 Å². The van der Waals surface area contributed by atoms with E-state index in [2.05, 4.69) is 6.92 Å². The van der Waals surface area contributed by atoms with Crippen molar-refractivity contribution in [1.82, 2.24) is 9.47 Å². The first-order valence-electron chi connectivity index (χ1n) is 6.68. The zero-order valence-electron chi connectivity index (χ0n) is 11.5. The Balaban J connectivity index is 2.07. The molecule has 1 aliphatic rings. The quantitative estimate of drug-likeness (QED) is 0.874. The average Bonchev–Trinajstić information content (AvgIpc) is 2.67. The van der Waals surface area contributed by atoms with Crippen LogP contribution in [0.4, 0.5) is 5.69 Å². The molecule has 2 N–H and O–H groups in total. The molecule has 2 rings (SSSR count). The molecule has 0 spiro atoms. The molecule has 1 fully saturated rings. The van der Waals surface area contributed by atoms with Crippen molar-refractivity contribution >= 4 is 11.6 Å². The SMILES string of the molecule is CC1CCC(N(C)C(=O)c2cc(N)cn2C)CC1. The number of aryl methyl sites for hydroxylation is 1. The van der Waals surface area contributed by atoms with Crippen molar-refractivity contribution < 1.29 is 4.79 Å². The van der Waals surface area contributed by atoms with Gasteiger partial charge in [0.1, 0.15) is 5.69 Å². The van der Waals surface area contributed by atoms with E-state index in [9.17, 15) is 4.79 Å². The van der Waals surface area contributed by atoms with Gasteiger partial charge >= 0.3 is 0 Å². The average molecular weight is 249 g/mol. The van der Waals surface area contributed by atoms with Gasteiger partial charge < -0.3 is 15.2 Å². The first kappa shape index (κ1) is 13.0. The molecule has 0 radical (unpaired) electrons. The Bertz CT molecular complexity index is 430. The van der Waals surface area contributed by atoms with Crippen molar-refractivity contribution in [2.75, 3.05) is 12.8 Å². The monoisotopic (exact) mass is 249 g/mol. The molecule has 1 aromatic heterocycles. The highest BCUT2D eigenvalue weighted by atomic mass is 16.2. The zero-order chi connectivity index (χ0) is 13.3. The minimum Gasteiger partial charge on any atom is -0.397 e. The summed E-state index contributed by atoms with van der Waals surface area (Å²) in [5.41, 5.74) is 7.04. The van der Waals surface area contributed by atoms with Gasteiger partial charge in [0.25, 0.3) is 5.91 Å². The number of anilines is 1. The maximum absolute atomic E-state index is 12.4. The standard InChI is InChI=1S/C14H23N3O/c1-10-4-6-12(7-5-10)17(3)14(18)13-8-11(15)9-16(13)2/h8-10,12H,4-7,15H2,1-3H3. The summed E-state index contributed by atoms with van der Waals surface area (Å²) in [7, 11) is 3.77. The molecule has 0 bridgehead atoms. The number of nitrogens with zero attached hydrogens (tertiary/aromatic N) is 2. The summed E-state index contributed by atoms with van der Waals surface area (Å²) in [4.78, 5) is 14.3. The number of nitrogens with two attached hydrogens (primary N) is 1. The van der Waals surface area contributed by atoms with E-state index in [1.54, 1.807) is 16.8 Å². The normalized spacial score (nSPS) is 23.9. The molecule has 18 heavy (non-hydrogen) atoms. The van der Waals surface area contributed by atoms with Crippen LogP contribution >= 0.6 is 0 Å². The smallest absolute Gasteiger partial charge is 0.270 e. The van der Waals surface area contributed by atoms with E-state index in [4.69, 9.17) is 5.73 Å². The van der Waals surface area contributed by atoms with Gasteiger partial charge in [0.15, 0.2) is 0 Å². The molecule has 0 atom stereocenters. The molecule has 100 valence electrons. The van der Waals surface area contributed by atoms with Gasteiger partial charge in [-0.2, -0.15) is 0 Å². The molecule has 1 heterocycles. The molecule has 0 aromatic carbocycles. The molecule has 1 aliphatic carbocycles. The fraction of sp³-hybridized carbons (Fsp3) is 0.643. The molecular formula is C14H23N3O. The molecule has 4 nitrogen and oxygen atoms in total. The third-order valence-corrected chi connectivity index (χ3v) is 4.10. The van der Waals surface area contributed by atoms with Crippen LogP contribution in [0.25, 0.3) is 0 Å². The third kappa shape index (κ3) is 2.52. The predicted molar refractivity (Wildman–Crippen MR) is 73.3 cm³/mol. The van der Waals surface area contributed by atoms with Crippen LogP contribution in [0, 0.1) is 5.92 Å². The number of amides is 1. The van der Waals surface area contributed by atoms with Crippen LogP contribution < -0.4 is 5.73 Å². The van der Waals surface area contributed by atoms with E-state index in [0.29, 0.717) is 17.4 Å². The lowest BCUT2D eigenvalue weighted by Gasteiger charge is -2.33. The van der Waals surface area contributed by atoms with Crippen LogP contribution in [0.3, 0.4) is 0 Å². The number of hydrogen-bond donors (Lipinski definition) is 1. The number of rotatable bonds is 2. The largest absolute Gasteiger partial charge is 0.397 e. The van der Waals surface area contributed by atoms with Crippen molar-refractivity contribution in [1.29, 1.82) is 0 Å².